The largest absolute Gasteiger partial charge is 0.385 e. The Hall–Kier alpha value is -0.980. The van der Waals surface area contributed by atoms with Gasteiger partial charge in [0.05, 0.1) is 17.3 Å². The van der Waals surface area contributed by atoms with Gasteiger partial charge in [-0.3, -0.25) is 0 Å². The molecule has 0 saturated carbocycles. The van der Waals surface area contributed by atoms with Crippen molar-refractivity contribution < 1.29 is 22.3 Å². The van der Waals surface area contributed by atoms with Crippen LogP contribution in [-0.4, -0.2) is 41.1 Å². The first-order valence-electron chi connectivity index (χ1n) is 5.61. The van der Waals surface area contributed by atoms with E-state index in [-0.39, 0.29) is 17.3 Å². The van der Waals surface area contributed by atoms with Crippen molar-refractivity contribution >= 4 is 9.84 Å². The Labute approximate surface area is 107 Å². The van der Waals surface area contributed by atoms with Crippen LogP contribution in [0.2, 0.25) is 0 Å². The molecule has 4 nitrogen and oxygen atoms in total. The second-order valence-electron chi connectivity index (χ2n) is 3.73. The van der Waals surface area contributed by atoms with Gasteiger partial charge in [-0.25, -0.2) is 12.8 Å². The minimum atomic E-state index is -3.39. The molecular formula is C12H17FO4S. The third-order valence-electron chi connectivity index (χ3n) is 2.31. The van der Waals surface area contributed by atoms with E-state index in [4.69, 9.17) is 9.47 Å². The maximum atomic E-state index is 12.7. The summed E-state index contributed by atoms with van der Waals surface area (Å²) < 4.78 is 46.3. The molecule has 0 unspecified atom stereocenters. The lowest BCUT2D eigenvalue weighted by Gasteiger charge is -2.05. The predicted molar refractivity (Wildman–Crippen MR) is 65.8 cm³/mol. The van der Waals surface area contributed by atoms with Gasteiger partial charge in [0.2, 0.25) is 0 Å². The Bertz CT molecular complexity index is 442. The van der Waals surface area contributed by atoms with Gasteiger partial charge in [-0.15, -0.1) is 0 Å². The van der Waals surface area contributed by atoms with Crippen molar-refractivity contribution in [2.75, 3.05) is 32.7 Å². The molecule has 0 radical (unpaired) electrons. The molecule has 1 aromatic rings. The molecule has 0 N–H and O–H groups in total. The number of halogens is 1. The van der Waals surface area contributed by atoms with Gasteiger partial charge in [0.1, 0.15) is 5.82 Å². The zero-order chi connectivity index (χ0) is 13.4. The highest BCUT2D eigenvalue weighted by atomic mass is 32.2. The van der Waals surface area contributed by atoms with Crippen LogP contribution in [0.1, 0.15) is 6.42 Å². The Morgan fingerprint density at radius 2 is 1.78 bits per heavy atom. The highest BCUT2D eigenvalue weighted by molar-refractivity contribution is 7.91. The van der Waals surface area contributed by atoms with E-state index in [0.29, 0.717) is 13.2 Å². The van der Waals surface area contributed by atoms with Crippen LogP contribution in [0, 0.1) is 5.82 Å². The first-order valence-corrected chi connectivity index (χ1v) is 7.26. The van der Waals surface area contributed by atoms with E-state index in [1.165, 1.54) is 12.1 Å². The first-order chi connectivity index (χ1) is 8.56. The number of methoxy groups -OCH3 is 1. The number of ether oxygens (including phenoxy) is 2. The summed E-state index contributed by atoms with van der Waals surface area (Å²) in [6, 6.07) is 4.78. The van der Waals surface area contributed by atoms with Gasteiger partial charge in [-0.2, -0.15) is 0 Å². The predicted octanol–water partition coefficient (Wildman–Crippen LogP) is 1.65. The molecule has 0 saturated heterocycles. The molecule has 18 heavy (non-hydrogen) atoms. The average molecular weight is 276 g/mol. The minimum Gasteiger partial charge on any atom is -0.385 e. The Morgan fingerprint density at radius 3 is 2.39 bits per heavy atom. The molecule has 0 aromatic heterocycles. The molecule has 0 bridgehead atoms. The molecule has 1 aromatic carbocycles. The van der Waals surface area contributed by atoms with Crippen molar-refractivity contribution in [1.29, 1.82) is 0 Å². The van der Waals surface area contributed by atoms with E-state index < -0.39 is 15.7 Å². The Balaban J connectivity index is 2.38. The van der Waals surface area contributed by atoms with Crippen molar-refractivity contribution in [2.45, 2.75) is 11.3 Å². The van der Waals surface area contributed by atoms with Gasteiger partial charge in [0.15, 0.2) is 9.84 Å². The van der Waals surface area contributed by atoms with E-state index in [0.717, 1.165) is 18.6 Å². The normalized spacial score (nSPS) is 11.7. The van der Waals surface area contributed by atoms with E-state index in [9.17, 15) is 12.8 Å². The molecule has 1 rings (SSSR count). The fourth-order valence-electron chi connectivity index (χ4n) is 1.34. The van der Waals surface area contributed by atoms with Crippen LogP contribution in [0.15, 0.2) is 29.2 Å². The topological polar surface area (TPSA) is 52.6 Å². The van der Waals surface area contributed by atoms with Gasteiger partial charge in [-0.05, 0) is 30.7 Å². The summed E-state index contributed by atoms with van der Waals surface area (Å²) in [5.41, 5.74) is 0. The third kappa shape index (κ3) is 5.12. The quantitative estimate of drug-likeness (QED) is 0.535. The van der Waals surface area contributed by atoms with Gasteiger partial charge in [0, 0.05) is 20.3 Å². The van der Waals surface area contributed by atoms with Crippen molar-refractivity contribution in [3.63, 3.8) is 0 Å². The van der Waals surface area contributed by atoms with Crippen molar-refractivity contribution in [3.05, 3.63) is 30.1 Å². The highest BCUT2D eigenvalue weighted by Gasteiger charge is 2.13. The number of benzene rings is 1. The number of rotatable bonds is 8. The fourth-order valence-corrected chi connectivity index (χ4v) is 2.46. The summed E-state index contributed by atoms with van der Waals surface area (Å²) in [5, 5.41) is 0. The average Bonchev–Trinajstić information content (AvgIpc) is 2.34. The van der Waals surface area contributed by atoms with E-state index >= 15 is 0 Å². The summed E-state index contributed by atoms with van der Waals surface area (Å²) in [6.45, 7) is 1.18. The number of hydrogen-bond donors (Lipinski definition) is 0. The molecule has 0 heterocycles. The van der Waals surface area contributed by atoms with Crippen LogP contribution in [0.5, 0.6) is 0 Å². The first kappa shape index (κ1) is 15.1. The van der Waals surface area contributed by atoms with Crippen LogP contribution < -0.4 is 0 Å². The smallest absolute Gasteiger partial charge is 0.180 e. The monoisotopic (exact) mass is 276 g/mol. The van der Waals surface area contributed by atoms with Crippen LogP contribution in [0.25, 0.3) is 0 Å². The van der Waals surface area contributed by atoms with Crippen molar-refractivity contribution in [3.8, 4) is 0 Å². The Morgan fingerprint density at radius 1 is 1.11 bits per heavy atom. The van der Waals surface area contributed by atoms with Crippen molar-refractivity contribution in [2.24, 2.45) is 0 Å². The lowest BCUT2D eigenvalue weighted by atomic mass is 10.4. The molecule has 102 valence electrons. The molecule has 0 spiro atoms. The zero-order valence-corrected chi connectivity index (χ0v) is 11.1. The number of sulfone groups is 1. The van der Waals surface area contributed by atoms with Gasteiger partial charge in [0.25, 0.3) is 0 Å². The third-order valence-corrected chi connectivity index (χ3v) is 4.00. The molecule has 0 fully saturated rings. The van der Waals surface area contributed by atoms with E-state index in [1.54, 1.807) is 7.11 Å². The molecule has 0 aliphatic rings. The molecule has 0 atom stereocenters. The second kappa shape index (κ2) is 7.45. The van der Waals surface area contributed by atoms with Gasteiger partial charge >= 0.3 is 0 Å². The maximum absolute atomic E-state index is 12.7. The summed E-state index contributed by atoms with van der Waals surface area (Å²) in [5.74, 6) is -0.559. The zero-order valence-electron chi connectivity index (χ0n) is 10.3. The standard InChI is InChI=1S/C12H17FO4S/c1-16-7-2-8-17-9-10-18(14,15)12-5-3-11(13)4-6-12/h3-6H,2,7-10H2,1H3. The van der Waals surface area contributed by atoms with Gasteiger partial charge in [-0.1, -0.05) is 0 Å². The van der Waals surface area contributed by atoms with Crippen LogP contribution in [-0.2, 0) is 19.3 Å². The van der Waals surface area contributed by atoms with Crippen LogP contribution in [0.3, 0.4) is 0 Å². The fraction of sp³-hybridized carbons (Fsp3) is 0.500. The highest BCUT2D eigenvalue weighted by Crippen LogP contribution is 2.11. The summed E-state index contributed by atoms with van der Waals surface area (Å²) in [7, 11) is -1.80. The molecule has 0 aliphatic heterocycles. The summed E-state index contributed by atoms with van der Waals surface area (Å²) in [4.78, 5) is 0.115. The Kier molecular flexibility index (Phi) is 6.24. The SMILES string of the molecule is COCCCOCCS(=O)(=O)c1ccc(F)cc1. The summed E-state index contributed by atoms with van der Waals surface area (Å²) in [6.07, 6.45) is 0.729. The minimum absolute atomic E-state index is 0.106. The maximum Gasteiger partial charge on any atom is 0.180 e. The molecule has 6 heteroatoms. The number of hydrogen-bond acceptors (Lipinski definition) is 4. The molecular weight excluding hydrogens is 259 g/mol. The second-order valence-corrected chi connectivity index (χ2v) is 5.84. The molecule has 0 amide bonds. The van der Waals surface area contributed by atoms with Crippen molar-refractivity contribution in [1.82, 2.24) is 0 Å². The summed E-state index contributed by atoms with van der Waals surface area (Å²) >= 11 is 0. The van der Waals surface area contributed by atoms with Gasteiger partial charge < -0.3 is 9.47 Å². The lowest BCUT2D eigenvalue weighted by Crippen LogP contribution is -2.13. The van der Waals surface area contributed by atoms with E-state index in [1.807, 2.05) is 0 Å². The van der Waals surface area contributed by atoms with E-state index in [2.05, 4.69) is 0 Å². The lowest BCUT2D eigenvalue weighted by molar-refractivity contribution is 0.112. The van der Waals surface area contributed by atoms with Crippen LogP contribution >= 0.6 is 0 Å². The van der Waals surface area contributed by atoms with Crippen LogP contribution in [0.4, 0.5) is 4.39 Å². The molecule has 0 aliphatic carbocycles.